The summed E-state index contributed by atoms with van der Waals surface area (Å²) in [4.78, 5) is 12.2. The highest BCUT2D eigenvalue weighted by Gasteiger charge is 2.25. The zero-order valence-corrected chi connectivity index (χ0v) is 12.5. The van der Waals surface area contributed by atoms with Gasteiger partial charge in [0.15, 0.2) is 17.2 Å². The Balaban J connectivity index is 1.72. The topological polar surface area (TPSA) is 73.3 Å². The van der Waals surface area contributed by atoms with Crippen LogP contribution in [0.5, 0.6) is 11.5 Å². The molecule has 0 bridgehead atoms. The molecule has 3 rings (SSSR count). The lowest BCUT2D eigenvalue weighted by Gasteiger charge is -2.10. The molecular weight excluding hydrogens is 282 g/mol. The Morgan fingerprint density at radius 3 is 2.45 bits per heavy atom. The first-order valence-electron chi connectivity index (χ1n) is 7.08. The van der Waals surface area contributed by atoms with Crippen molar-refractivity contribution in [2.75, 3.05) is 19.5 Å². The van der Waals surface area contributed by atoms with E-state index in [4.69, 9.17) is 9.47 Å². The van der Waals surface area contributed by atoms with Gasteiger partial charge in [0.05, 0.1) is 19.9 Å². The predicted molar refractivity (Wildman–Crippen MR) is 81.5 cm³/mol. The van der Waals surface area contributed by atoms with E-state index in [9.17, 15) is 4.79 Å². The normalized spacial score (nSPS) is 13.5. The van der Waals surface area contributed by atoms with E-state index in [1.54, 1.807) is 38.5 Å². The number of carbonyl (C=O) groups is 1. The number of anilines is 1. The molecule has 1 aliphatic rings. The molecule has 114 valence electrons. The molecule has 2 aromatic rings. The molecule has 22 heavy (non-hydrogen) atoms. The van der Waals surface area contributed by atoms with Gasteiger partial charge in [-0.05, 0) is 37.1 Å². The fourth-order valence-corrected chi connectivity index (χ4v) is 2.17. The smallest absolute Gasteiger partial charge is 0.276 e. The second kappa shape index (κ2) is 6.01. The fraction of sp³-hybridized carbons (Fsp3) is 0.312. The van der Waals surface area contributed by atoms with Crippen LogP contribution >= 0.6 is 0 Å². The Kier molecular flexibility index (Phi) is 3.91. The maximum absolute atomic E-state index is 12.2. The van der Waals surface area contributed by atoms with Crippen molar-refractivity contribution in [1.82, 2.24) is 10.2 Å². The Morgan fingerprint density at radius 2 is 1.86 bits per heavy atom. The summed E-state index contributed by atoms with van der Waals surface area (Å²) in [7, 11) is 3.11. The molecule has 6 nitrogen and oxygen atoms in total. The van der Waals surface area contributed by atoms with E-state index in [0.717, 1.165) is 18.5 Å². The van der Waals surface area contributed by atoms with Crippen molar-refractivity contribution in [2.45, 2.75) is 18.8 Å². The standard InChI is InChI=1S/C16H17N3O3/c1-21-14-8-5-11(9-15(14)22-2)17-16(20)13-7-6-12(18-19-13)10-3-4-10/h5-10H,3-4H2,1-2H3,(H,17,20). The van der Waals surface area contributed by atoms with E-state index in [1.165, 1.54) is 0 Å². The predicted octanol–water partition coefficient (Wildman–Crippen LogP) is 2.62. The monoisotopic (exact) mass is 299 g/mol. The molecule has 1 aromatic carbocycles. The van der Waals surface area contributed by atoms with E-state index < -0.39 is 0 Å². The molecule has 1 N–H and O–H groups in total. The lowest BCUT2D eigenvalue weighted by molar-refractivity contribution is 0.102. The van der Waals surface area contributed by atoms with Gasteiger partial charge < -0.3 is 14.8 Å². The van der Waals surface area contributed by atoms with Crippen molar-refractivity contribution in [3.8, 4) is 11.5 Å². The molecule has 0 unspecified atom stereocenters. The first-order chi connectivity index (χ1) is 10.7. The third kappa shape index (κ3) is 3.00. The average molecular weight is 299 g/mol. The number of hydrogen-bond donors (Lipinski definition) is 1. The molecule has 1 amide bonds. The second-order valence-electron chi connectivity index (χ2n) is 5.14. The summed E-state index contributed by atoms with van der Waals surface area (Å²) in [5, 5.41) is 10.9. The highest BCUT2D eigenvalue weighted by atomic mass is 16.5. The minimum atomic E-state index is -0.304. The van der Waals surface area contributed by atoms with Gasteiger partial charge in [-0.25, -0.2) is 0 Å². The maximum Gasteiger partial charge on any atom is 0.276 e. The van der Waals surface area contributed by atoms with Gasteiger partial charge in [0.1, 0.15) is 0 Å². The number of carbonyl (C=O) groups excluding carboxylic acids is 1. The second-order valence-corrected chi connectivity index (χ2v) is 5.14. The largest absolute Gasteiger partial charge is 0.493 e. The van der Waals surface area contributed by atoms with Crippen molar-refractivity contribution in [3.63, 3.8) is 0 Å². The van der Waals surface area contributed by atoms with Crippen LogP contribution in [-0.2, 0) is 0 Å². The molecule has 0 atom stereocenters. The van der Waals surface area contributed by atoms with Gasteiger partial charge in [-0.3, -0.25) is 4.79 Å². The van der Waals surface area contributed by atoms with Crippen molar-refractivity contribution < 1.29 is 14.3 Å². The van der Waals surface area contributed by atoms with Gasteiger partial charge in [-0.2, -0.15) is 5.10 Å². The van der Waals surface area contributed by atoms with Crippen LogP contribution in [0.2, 0.25) is 0 Å². The van der Waals surface area contributed by atoms with E-state index in [2.05, 4.69) is 15.5 Å². The lowest BCUT2D eigenvalue weighted by Crippen LogP contribution is -2.14. The highest BCUT2D eigenvalue weighted by molar-refractivity contribution is 6.02. The maximum atomic E-state index is 12.2. The van der Waals surface area contributed by atoms with Crippen LogP contribution in [-0.4, -0.2) is 30.3 Å². The third-order valence-electron chi connectivity index (χ3n) is 3.55. The highest BCUT2D eigenvalue weighted by Crippen LogP contribution is 2.38. The van der Waals surface area contributed by atoms with E-state index >= 15 is 0 Å². The minimum absolute atomic E-state index is 0.291. The summed E-state index contributed by atoms with van der Waals surface area (Å²) in [6.07, 6.45) is 2.32. The summed E-state index contributed by atoms with van der Waals surface area (Å²) in [6, 6.07) is 8.75. The summed E-state index contributed by atoms with van der Waals surface area (Å²) >= 11 is 0. The van der Waals surface area contributed by atoms with Gasteiger partial charge in [0.25, 0.3) is 5.91 Å². The molecule has 0 aliphatic heterocycles. The molecule has 0 saturated heterocycles. The quantitative estimate of drug-likeness (QED) is 0.918. The summed E-state index contributed by atoms with van der Waals surface area (Å²) in [5.41, 5.74) is 1.86. The first-order valence-corrected chi connectivity index (χ1v) is 7.08. The fourth-order valence-electron chi connectivity index (χ4n) is 2.17. The minimum Gasteiger partial charge on any atom is -0.493 e. The number of hydrogen-bond acceptors (Lipinski definition) is 5. The molecule has 6 heteroatoms. The van der Waals surface area contributed by atoms with E-state index in [-0.39, 0.29) is 5.91 Å². The van der Waals surface area contributed by atoms with Gasteiger partial charge in [-0.15, -0.1) is 5.10 Å². The summed E-state index contributed by atoms with van der Waals surface area (Å²) in [5.74, 6) is 1.38. The van der Waals surface area contributed by atoms with Gasteiger partial charge >= 0.3 is 0 Å². The molecule has 1 fully saturated rings. The molecule has 1 aliphatic carbocycles. The van der Waals surface area contributed by atoms with Crippen LogP contribution in [0.4, 0.5) is 5.69 Å². The Labute approximate surface area is 128 Å². The van der Waals surface area contributed by atoms with Crippen LogP contribution < -0.4 is 14.8 Å². The number of amides is 1. The Morgan fingerprint density at radius 1 is 1.09 bits per heavy atom. The summed E-state index contributed by atoms with van der Waals surface area (Å²) in [6.45, 7) is 0. The van der Waals surface area contributed by atoms with Crippen LogP contribution in [0.1, 0.15) is 34.9 Å². The number of ether oxygens (including phenoxy) is 2. The third-order valence-corrected chi connectivity index (χ3v) is 3.55. The van der Waals surface area contributed by atoms with E-state index in [0.29, 0.717) is 28.8 Å². The van der Waals surface area contributed by atoms with Crippen LogP contribution in [0.3, 0.4) is 0 Å². The average Bonchev–Trinajstić information content (AvgIpc) is 3.39. The lowest BCUT2D eigenvalue weighted by atomic mass is 10.2. The van der Waals surface area contributed by atoms with Gasteiger partial charge in [0.2, 0.25) is 0 Å². The van der Waals surface area contributed by atoms with Crippen LogP contribution in [0.15, 0.2) is 30.3 Å². The molecule has 1 saturated carbocycles. The van der Waals surface area contributed by atoms with E-state index in [1.807, 2.05) is 6.07 Å². The van der Waals surface area contributed by atoms with Crippen molar-refractivity contribution in [2.24, 2.45) is 0 Å². The number of nitrogens with one attached hydrogen (secondary N) is 1. The molecule has 1 aromatic heterocycles. The molecule has 0 radical (unpaired) electrons. The van der Waals surface area contributed by atoms with Gasteiger partial charge in [-0.1, -0.05) is 0 Å². The van der Waals surface area contributed by atoms with Crippen molar-refractivity contribution >= 4 is 11.6 Å². The SMILES string of the molecule is COc1ccc(NC(=O)c2ccc(C3CC3)nn2)cc1OC. The molecule has 1 heterocycles. The number of aromatic nitrogens is 2. The molecule has 0 spiro atoms. The number of nitrogens with zero attached hydrogens (tertiary/aromatic N) is 2. The van der Waals surface area contributed by atoms with Crippen molar-refractivity contribution in [3.05, 3.63) is 41.7 Å². The Hall–Kier alpha value is -2.63. The Bertz CT molecular complexity index is 682. The number of benzene rings is 1. The van der Waals surface area contributed by atoms with Gasteiger partial charge in [0, 0.05) is 17.7 Å². The van der Waals surface area contributed by atoms with Crippen molar-refractivity contribution in [1.29, 1.82) is 0 Å². The number of methoxy groups -OCH3 is 2. The first kappa shape index (κ1) is 14.3. The van der Waals surface area contributed by atoms with Crippen LogP contribution in [0, 0.1) is 0 Å². The zero-order chi connectivity index (χ0) is 15.5. The summed E-state index contributed by atoms with van der Waals surface area (Å²) < 4.78 is 10.4. The molecular formula is C16H17N3O3. The zero-order valence-electron chi connectivity index (χ0n) is 12.5. The number of rotatable bonds is 5. The van der Waals surface area contributed by atoms with Crippen LogP contribution in [0.25, 0.3) is 0 Å².